The number of allylic oxidation sites excluding steroid dienone is 4. The van der Waals surface area contributed by atoms with Crippen LogP contribution in [-0.4, -0.2) is 8.80 Å². The first-order valence-corrected chi connectivity index (χ1v) is 11.5. The van der Waals surface area contributed by atoms with Gasteiger partial charge in [-0.2, -0.15) is 5.20 Å². The zero-order chi connectivity index (χ0) is 19.0. The third-order valence-electron chi connectivity index (χ3n) is 5.29. The van der Waals surface area contributed by atoms with E-state index in [4.69, 9.17) is 0 Å². The van der Waals surface area contributed by atoms with Crippen LogP contribution in [0.4, 0.5) is 0 Å². The molecule has 0 aliphatic heterocycles. The van der Waals surface area contributed by atoms with Crippen molar-refractivity contribution in [3.63, 3.8) is 0 Å². The summed E-state index contributed by atoms with van der Waals surface area (Å²) in [5.41, 5.74) is 8.43. The van der Waals surface area contributed by atoms with Gasteiger partial charge in [-0.25, -0.2) is 11.1 Å². The maximum Gasteiger partial charge on any atom is 4.00 e. The van der Waals surface area contributed by atoms with E-state index in [1.165, 1.54) is 43.8 Å². The molecule has 30 heavy (non-hydrogen) atoms. The van der Waals surface area contributed by atoms with Crippen molar-refractivity contribution in [2.45, 2.75) is 54.9 Å². The summed E-state index contributed by atoms with van der Waals surface area (Å²) in [6, 6.07) is 14.2. The molecule has 0 atom stereocenters. The Morgan fingerprint density at radius 2 is 1.07 bits per heavy atom. The second-order valence-electron chi connectivity index (χ2n) is 8.45. The molecule has 1 aliphatic rings. The minimum atomic E-state index is -1.47. The van der Waals surface area contributed by atoms with Gasteiger partial charge < -0.3 is 37.2 Å². The van der Waals surface area contributed by atoms with E-state index >= 15 is 0 Å². The summed E-state index contributed by atoms with van der Waals surface area (Å²) in [4.78, 5) is 0. The zero-order valence-corrected chi connectivity index (χ0v) is 23.9. The van der Waals surface area contributed by atoms with Crippen molar-refractivity contribution < 1.29 is 58.9 Å². The van der Waals surface area contributed by atoms with E-state index in [0.717, 1.165) is 6.42 Å². The molecule has 0 N–H and O–H groups in total. The van der Waals surface area contributed by atoms with Gasteiger partial charge in [-0.15, -0.1) is 6.92 Å². The monoisotopic (exact) mass is 512 g/mol. The minimum absolute atomic E-state index is 0. The fourth-order valence-electron chi connectivity index (χ4n) is 4.46. The average Bonchev–Trinajstić information content (AvgIpc) is 2.87. The van der Waals surface area contributed by atoms with E-state index < -0.39 is 8.80 Å². The van der Waals surface area contributed by atoms with E-state index in [1.807, 2.05) is 0 Å². The maximum atomic E-state index is 3.87. The van der Waals surface area contributed by atoms with Crippen LogP contribution in [0.5, 0.6) is 0 Å². The van der Waals surface area contributed by atoms with Gasteiger partial charge in [0.25, 0.3) is 0 Å². The fraction of sp³-hybridized carbons (Fsp3) is 0.360. The quantitative estimate of drug-likeness (QED) is 0.288. The normalized spacial score (nSPS) is 12.6. The zero-order valence-electron chi connectivity index (χ0n) is 19.0. The molecule has 0 saturated carbocycles. The van der Waals surface area contributed by atoms with E-state index in [2.05, 4.69) is 90.9 Å². The Morgan fingerprint density at radius 1 is 0.700 bits per heavy atom. The number of rotatable bonds is 4. The molecule has 0 bridgehead atoms. The number of aryl methyl sites for hydroxylation is 4. The Labute approximate surface area is 218 Å². The standard InChI is InChI=1S/C25H31Si.3ClH.Ti/c1-16(2)25-15-24(14-21(25)7)26(22-10-17(3)8-18(4)11-22)23-12-19(5)9-20(6)13-23;;;;/h8-13,16,26H,14H2,1-7H3;3*1H;/q-1;;;;+4/p-3. The van der Waals surface area contributed by atoms with Crippen LogP contribution in [0.25, 0.3) is 0 Å². The van der Waals surface area contributed by atoms with Crippen molar-refractivity contribution in [2.75, 3.05) is 0 Å². The van der Waals surface area contributed by atoms with Crippen LogP contribution in [-0.2, 0) is 21.7 Å². The second-order valence-corrected chi connectivity index (χ2v) is 11.3. The first kappa shape index (κ1) is 31.9. The van der Waals surface area contributed by atoms with Gasteiger partial charge in [0.05, 0.1) is 0 Å². The molecule has 3 rings (SSSR count). The Balaban J connectivity index is 0. The molecule has 2 aromatic carbocycles. The maximum absolute atomic E-state index is 3.87. The number of hydrogen-bond acceptors (Lipinski definition) is 0. The third kappa shape index (κ3) is 7.40. The number of benzene rings is 2. The molecule has 5 heteroatoms. The third-order valence-corrected chi connectivity index (χ3v) is 8.34. The molecular weight excluding hydrogens is 483 g/mol. The molecule has 0 fully saturated rings. The SMILES string of the molecule is CC1=C(C(C)C)[C-]=C([SiH](c2cc(C)cc(C)c2)c2cc(C)cc(C)c2)C1.[Cl-].[Cl-].[Cl-].[Ti+4]. The van der Waals surface area contributed by atoms with E-state index in [-0.39, 0.29) is 58.9 Å². The molecule has 160 valence electrons. The summed E-state index contributed by atoms with van der Waals surface area (Å²) < 4.78 is 0. The fourth-order valence-corrected chi connectivity index (χ4v) is 8.18. The predicted octanol–water partition coefficient (Wildman–Crippen LogP) is -4.08. The van der Waals surface area contributed by atoms with Crippen LogP contribution in [0.15, 0.2) is 52.7 Å². The Kier molecular flexibility index (Phi) is 14.2. The largest absolute Gasteiger partial charge is 4.00 e. The average molecular weight is 514 g/mol. The van der Waals surface area contributed by atoms with Gasteiger partial charge in [0.15, 0.2) is 0 Å². The molecule has 0 radical (unpaired) electrons. The number of halogens is 3. The van der Waals surface area contributed by atoms with Crippen molar-refractivity contribution in [3.8, 4) is 0 Å². The molecule has 0 unspecified atom stereocenters. The number of hydrogen-bond donors (Lipinski definition) is 0. The molecule has 2 aromatic rings. The first-order chi connectivity index (χ1) is 12.2. The van der Waals surface area contributed by atoms with Crippen LogP contribution in [0.3, 0.4) is 0 Å². The molecular formula is C25H31Cl3SiTi. The van der Waals surface area contributed by atoms with Crippen molar-refractivity contribution in [2.24, 2.45) is 5.92 Å². The predicted molar refractivity (Wildman–Crippen MR) is 117 cm³/mol. The molecule has 0 nitrogen and oxygen atoms in total. The summed E-state index contributed by atoms with van der Waals surface area (Å²) >= 11 is 0. The van der Waals surface area contributed by atoms with Crippen LogP contribution >= 0.6 is 0 Å². The summed E-state index contributed by atoms with van der Waals surface area (Å²) in [5, 5.41) is 4.63. The molecule has 0 aromatic heterocycles. The molecule has 0 spiro atoms. The van der Waals surface area contributed by atoms with Crippen LogP contribution in [0.1, 0.15) is 49.4 Å². The van der Waals surface area contributed by atoms with Gasteiger partial charge in [0.1, 0.15) is 8.80 Å². The van der Waals surface area contributed by atoms with Gasteiger partial charge in [-0.1, -0.05) is 95.2 Å². The van der Waals surface area contributed by atoms with Crippen molar-refractivity contribution >= 4 is 19.2 Å². The topological polar surface area (TPSA) is 0 Å². The van der Waals surface area contributed by atoms with Gasteiger partial charge in [0.2, 0.25) is 0 Å². The Hall–Kier alpha value is -0.279. The molecule has 1 aliphatic carbocycles. The van der Waals surface area contributed by atoms with Gasteiger partial charge >= 0.3 is 21.7 Å². The van der Waals surface area contributed by atoms with Crippen molar-refractivity contribution in [1.82, 2.24) is 0 Å². The van der Waals surface area contributed by atoms with Crippen molar-refractivity contribution in [1.29, 1.82) is 0 Å². The minimum Gasteiger partial charge on any atom is -1.00 e. The van der Waals surface area contributed by atoms with E-state index in [1.54, 1.807) is 5.20 Å². The molecule has 0 amide bonds. The van der Waals surface area contributed by atoms with Crippen molar-refractivity contribution in [3.05, 3.63) is 81.1 Å². The Morgan fingerprint density at radius 3 is 1.37 bits per heavy atom. The van der Waals surface area contributed by atoms with Gasteiger partial charge in [0, 0.05) is 0 Å². The van der Waals surface area contributed by atoms with Crippen LogP contribution in [0.2, 0.25) is 0 Å². The molecule has 0 saturated heterocycles. The summed E-state index contributed by atoms with van der Waals surface area (Å²) in [7, 11) is -1.47. The summed E-state index contributed by atoms with van der Waals surface area (Å²) in [6.07, 6.45) is 4.97. The van der Waals surface area contributed by atoms with E-state index in [9.17, 15) is 0 Å². The second kappa shape index (κ2) is 13.3. The first-order valence-electron chi connectivity index (χ1n) is 9.73. The van der Waals surface area contributed by atoms with Gasteiger partial charge in [-0.05, 0) is 27.7 Å². The summed E-state index contributed by atoms with van der Waals surface area (Å²) in [6.45, 7) is 15.8. The van der Waals surface area contributed by atoms with Crippen LogP contribution < -0.4 is 47.6 Å². The molecule has 0 heterocycles. The smallest absolute Gasteiger partial charge is 1.00 e. The summed E-state index contributed by atoms with van der Waals surface area (Å²) in [5.74, 6) is 0.556. The van der Waals surface area contributed by atoms with E-state index in [0.29, 0.717) is 5.92 Å². The Bertz CT molecular complexity index is 825. The van der Waals surface area contributed by atoms with Crippen LogP contribution in [0, 0.1) is 39.7 Å². The van der Waals surface area contributed by atoms with Gasteiger partial charge in [-0.3, -0.25) is 6.08 Å².